The Morgan fingerprint density at radius 1 is 1.03 bits per heavy atom. The lowest BCUT2D eigenvalue weighted by atomic mass is 10.1. The average molecular weight is 446 g/mol. The summed E-state index contributed by atoms with van der Waals surface area (Å²) in [5.74, 6) is 0.772. The fraction of sp³-hybridized carbons (Fsp3) is 0.208. The Kier molecular flexibility index (Phi) is 6.32. The predicted octanol–water partition coefficient (Wildman–Crippen LogP) is 4.51. The number of hydrogen-bond donors (Lipinski definition) is 1. The second kappa shape index (κ2) is 9.32. The monoisotopic (exact) mass is 445 g/mol. The number of aromatic amines is 1. The van der Waals surface area contributed by atoms with Crippen molar-refractivity contribution in [3.05, 3.63) is 82.9 Å². The van der Waals surface area contributed by atoms with E-state index in [2.05, 4.69) is 20.2 Å². The number of benzene rings is 1. The van der Waals surface area contributed by atoms with E-state index in [0.717, 1.165) is 22.6 Å². The SMILES string of the molecule is CC(=O)c1c(C)[nH]c(C(=O)CSc2nnc(-c3ccncc3)n2Cc2ccccc2)c1C. The number of hydrogen-bond acceptors (Lipinski definition) is 6. The fourth-order valence-electron chi connectivity index (χ4n) is 3.78. The molecule has 0 spiro atoms. The lowest BCUT2D eigenvalue weighted by Crippen LogP contribution is -2.08. The molecule has 1 aromatic carbocycles. The summed E-state index contributed by atoms with van der Waals surface area (Å²) in [6.07, 6.45) is 3.44. The average Bonchev–Trinajstić information content (AvgIpc) is 3.33. The van der Waals surface area contributed by atoms with Gasteiger partial charge in [-0.25, -0.2) is 0 Å². The van der Waals surface area contributed by atoms with E-state index in [1.807, 2.05) is 54.0 Å². The molecule has 1 N–H and O–H groups in total. The normalized spacial score (nSPS) is 11.0. The van der Waals surface area contributed by atoms with Gasteiger partial charge in [0, 0.05) is 29.2 Å². The van der Waals surface area contributed by atoms with Crippen molar-refractivity contribution in [2.24, 2.45) is 0 Å². The van der Waals surface area contributed by atoms with Crippen molar-refractivity contribution in [1.29, 1.82) is 0 Å². The Morgan fingerprint density at radius 2 is 1.75 bits per heavy atom. The van der Waals surface area contributed by atoms with Gasteiger partial charge in [0.25, 0.3) is 0 Å². The number of aromatic nitrogens is 5. The van der Waals surface area contributed by atoms with E-state index >= 15 is 0 Å². The molecule has 0 saturated heterocycles. The van der Waals surface area contributed by atoms with Crippen molar-refractivity contribution in [2.75, 3.05) is 5.75 Å². The van der Waals surface area contributed by atoms with Crippen LogP contribution in [0.1, 0.15) is 44.6 Å². The van der Waals surface area contributed by atoms with Crippen LogP contribution in [0.25, 0.3) is 11.4 Å². The molecule has 0 saturated carbocycles. The summed E-state index contributed by atoms with van der Waals surface area (Å²) >= 11 is 1.34. The van der Waals surface area contributed by atoms with Gasteiger partial charge >= 0.3 is 0 Å². The van der Waals surface area contributed by atoms with Crippen LogP contribution in [0.3, 0.4) is 0 Å². The van der Waals surface area contributed by atoms with Gasteiger partial charge in [-0.15, -0.1) is 10.2 Å². The molecule has 0 bridgehead atoms. The molecule has 7 nitrogen and oxygen atoms in total. The van der Waals surface area contributed by atoms with Gasteiger partial charge in [-0.05, 0) is 44.0 Å². The number of thioether (sulfide) groups is 1. The first-order valence-electron chi connectivity index (χ1n) is 10.2. The minimum absolute atomic E-state index is 0.0486. The number of carbonyl (C=O) groups excluding carboxylic acids is 2. The Bertz CT molecular complexity index is 1260. The van der Waals surface area contributed by atoms with E-state index < -0.39 is 0 Å². The number of rotatable bonds is 8. The molecule has 0 unspecified atom stereocenters. The molecule has 162 valence electrons. The van der Waals surface area contributed by atoms with E-state index in [4.69, 9.17) is 0 Å². The summed E-state index contributed by atoms with van der Waals surface area (Å²) in [7, 11) is 0. The third-order valence-corrected chi connectivity index (χ3v) is 6.21. The van der Waals surface area contributed by atoms with Crippen LogP contribution >= 0.6 is 11.8 Å². The summed E-state index contributed by atoms with van der Waals surface area (Å²) in [5.41, 5.74) is 4.50. The maximum absolute atomic E-state index is 12.9. The van der Waals surface area contributed by atoms with Gasteiger partial charge in [0.05, 0.1) is 18.0 Å². The molecule has 3 heterocycles. The fourth-order valence-corrected chi connectivity index (χ4v) is 4.59. The number of nitrogens with zero attached hydrogens (tertiary/aromatic N) is 4. The second-order valence-corrected chi connectivity index (χ2v) is 8.45. The number of nitrogens with one attached hydrogen (secondary N) is 1. The summed E-state index contributed by atoms with van der Waals surface area (Å²) in [5, 5.41) is 9.41. The molecule has 0 amide bonds. The summed E-state index contributed by atoms with van der Waals surface area (Å²) in [4.78, 5) is 32.0. The van der Waals surface area contributed by atoms with Crippen molar-refractivity contribution in [3.63, 3.8) is 0 Å². The highest BCUT2D eigenvalue weighted by molar-refractivity contribution is 7.99. The first kappa shape index (κ1) is 21.7. The molecule has 4 rings (SSSR count). The van der Waals surface area contributed by atoms with Crippen LogP contribution in [0.15, 0.2) is 60.0 Å². The largest absolute Gasteiger partial charge is 0.355 e. The quantitative estimate of drug-likeness (QED) is 0.317. The number of Topliss-reactive ketones (excluding diaryl/α,β-unsaturated/α-hetero) is 2. The molecule has 0 aliphatic carbocycles. The highest BCUT2D eigenvalue weighted by atomic mass is 32.2. The van der Waals surface area contributed by atoms with Crippen LogP contribution < -0.4 is 0 Å². The van der Waals surface area contributed by atoms with Crippen molar-refractivity contribution in [2.45, 2.75) is 32.5 Å². The summed E-state index contributed by atoms with van der Waals surface area (Å²) < 4.78 is 2.01. The van der Waals surface area contributed by atoms with E-state index in [0.29, 0.717) is 28.5 Å². The van der Waals surface area contributed by atoms with Gasteiger partial charge in [0.2, 0.25) is 0 Å². The molecule has 0 atom stereocenters. The molecule has 8 heteroatoms. The zero-order valence-corrected chi connectivity index (χ0v) is 18.9. The maximum Gasteiger partial charge on any atom is 0.192 e. The Balaban J connectivity index is 1.61. The van der Waals surface area contributed by atoms with E-state index in [-0.39, 0.29) is 17.3 Å². The topological polar surface area (TPSA) is 93.5 Å². The van der Waals surface area contributed by atoms with Crippen LogP contribution in [0, 0.1) is 13.8 Å². The molecule has 4 aromatic rings. The Morgan fingerprint density at radius 3 is 2.41 bits per heavy atom. The minimum atomic E-state index is -0.0807. The Hall–Kier alpha value is -3.52. The molecule has 0 radical (unpaired) electrons. The lowest BCUT2D eigenvalue weighted by molar-refractivity contribution is 0.101. The molecule has 0 aliphatic rings. The standard InChI is InChI=1S/C24H23N5O2S/c1-15-21(17(3)30)16(2)26-22(15)20(31)14-32-24-28-27-23(19-9-11-25-12-10-19)29(24)13-18-7-5-4-6-8-18/h4-12,26H,13-14H2,1-3H3. The van der Waals surface area contributed by atoms with Crippen molar-refractivity contribution < 1.29 is 9.59 Å². The number of aryl methyl sites for hydroxylation is 1. The van der Waals surface area contributed by atoms with Crippen molar-refractivity contribution in [3.8, 4) is 11.4 Å². The van der Waals surface area contributed by atoms with E-state index in [9.17, 15) is 9.59 Å². The molecule has 32 heavy (non-hydrogen) atoms. The van der Waals surface area contributed by atoms with Crippen LogP contribution in [-0.2, 0) is 6.54 Å². The van der Waals surface area contributed by atoms with Gasteiger partial charge < -0.3 is 4.98 Å². The minimum Gasteiger partial charge on any atom is -0.355 e. The highest BCUT2D eigenvalue weighted by Crippen LogP contribution is 2.26. The molecule has 3 aromatic heterocycles. The van der Waals surface area contributed by atoms with Gasteiger partial charge in [-0.2, -0.15) is 0 Å². The first-order chi connectivity index (χ1) is 15.5. The van der Waals surface area contributed by atoms with Gasteiger partial charge in [-0.1, -0.05) is 42.1 Å². The third kappa shape index (κ3) is 4.40. The smallest absolute Gasteiger partial charge is 0.192 e. The van der Waals surface area contributed by atoms with Crippen LogP contribution in [0.5, 0.6) is 0 Å². The van der Waals surface area contributed by atoms with Crippen molar-refractivity contribution >= 4 is 23.3 Å². The maximum atomic E-state index is 12.9. The van der Waals surface area contributed by atoms with E-state index in [1.54, 1.807) is 19.3 Å². The number of carbonyl (C=O) groups is 2. The molecule has 0 fully saturated rings. The molecular weight excluding hydrogens is 422 g/mol. The first-order valence-corrected chi connectivity index (χ1v) is 11.2. The second-order valence-electron chi connectivity index (χ2n) is 7.51. The third-order valence-electron chi connectivity index (χ3n) is 5.24. The molecule has 0 aliphatic heterocycles. The summed E-state index contributed by atoms with van der Waals surface area (Å²) in [6, 6.07) is 13.8. The van der Waals surface area contributed by atoms with Gasteiger partial charge in [0.1, 0.15) is 0 Å². The zero-order valence-electron chi connectivity index (χ0n) is 18.1. The Labute approximate surface area is 190 Å². The molecular formula is C24H23N5O2S. The lowest BCUT2D eigenvalue weighted by Gasteiger charge is -2.10. The van der Waals surface area contributed by atoms with Gasteiger partial charge in [-0.3, -0.25) is 19.1 Å². The number of H-pyrrole nitrogens is 1. The van der Waals surface area contributed by atoms with Crippen LogP contribution in [0.4, 0.5) is 0 Å². The van der Waals surface area contributed by atoms with Crippen LogP contribution in [-0.4, -0.2) is 42.1 Å². The number of pyridine rings is 1. The van der Waals surface area contributed by atoms with Crippen LogP contribution in [0.2, 0.25) is 0 Å². The van der Waals surface area contributed by atoms with Crippen molar-refractivity contribution in [1.82, 2.24) is 24.7 Å². The van der Waals surface area contributed by atoms with E-state index in [1.165, 1.54) is 18.7 Å². The summed E-state index contributed by atoms with van der Waals surface area (Å²) in [6.45, 7) is 5.71. The predicted molar refractivity (Wildman–Crippen MR) is 124 cm³/mol. The highest BCUT2D eigenvalue weighted by Gasteiger charge is 2.21. The van der Waals surface area contributed by atoms with Gasteiger partial charge in [0.15, 0.2) is 22.5 Å². The number of ketones is 2. The zero-order chi connectivity index (χ0) is 22.7.